The fraction of sp³-hybridized carbons (Fsp3) is 0.222. The fourth-order valence-corrected chi connectivity index (χ4v) is 3.59. The first-order valence-corrected chi connectivity index (χ1v) is 12.0. The van der Waals surface area contributed by atoms with E-state index < -0.39 is 24.1 Å². The van der Waals surface area contributed by atoms with E-state index in [2.05, 4.69) is 4.74 Å². The molecule has 3 aromatic carbocycles. The van der Waals surface area contributed by atoms with Crippen molar-refractivity contribution in [1.29, 1.82) is 0 Å². The van der Waals surface area contributed by atoms with Crippen LogP contribution in [0.4, 0.5) is 13.2 Å². The number of carboxylic acids is 1. The van der Waals surface area contributed by atoms with Crippen molar-refractivity contribution in [3.05, 3.63) is 101 Å². The Bertz CT molecular complexity index is 1200. The van der Waals surface area contributed by atoms with Crippen molar-refractivity contribution in [2.45, 2.75) is 39.2 Å². The molecular formula is C27H29ClF3N3O4. The van der Waals surface area contributed by atoms with E-state index in [0.29, 0.717) is 23.4 Å². The SMILES string of the molecule is CC.NN/C(C(=O)O)=C(\N)OC(Cc1ccc(Cl)cc1)Cc1ccc(-c2ccc(OC(F)(F)F)cc2)cc1. The van der Waals surface area contributed by atoms with E-state index in [-0.39, 0.29) is 11.6 Å². The minimum Gasteiger partial charge on any atom is -0.476 e. The second kappa shape index (κ2) is 14.2. The van der Waals surface area contributed by atoms with Crippen molar-refractivity contribution in [3.63, 3.8) is 0 Å². The first kappa shape index (κ1) is 30.3. The van der Waals surface area contributed by atoms with Gasteiger partial charge in [-0.3, -0.25) is 5.84 Å². The molecule has 38 heavy (non-hydrogen) atoms. The van der Waals surface area contributed by atoms with Gasteiger partial charge in [0.1, 0.15) is 11.9 Å². The summed E-state index contributed by atoms with van der Waals surface area (Å²) in [4.78, 5) is 11.3. The molecule has 1 atom stereocenters. The maximum Gasteiger partial charge on any atom is 0.573 e. The van der Waals surface area contributed by atoms with Crippen molar-refractivity contribution < 1.29 is 32.5 Å². The fourth-order valence-electron chi connectivity index (χ4n) is 3.46. The average Bonchev–Trinajstić information content (AvgIpc) is 2.87. The molecule has 0 fully saturated rings. The van der Waals surface area contributed by atoms with Gasteiger partial charge in [-0.25, -0.2) is 4.79 Å². The third-order valence-electron chi connectivity index (χ3n) is 5.11. The molecule has 0 aromatic heterocycles. The Morgan fingerprint density at radius 1 is 0.921 bits per heavy atom. The Morgan fingerprint density at radius 3 is 1.79 bits per heavy atom. The number of hydrazine groups is 1. The Hall–Kier alpha value is -3.89. The molecule has 3 rings (SSSR count). The van der Waals surface area contributed by atoms with Gasteiger partial charge in [0, 0.05) is 17.9 Å². The molecule has 3 aromatic rings. The van der Waals surface area contributed by atoms with Crippen molar-refractivity contribution in [2.24, 2.45) is 11.6 Å². The summed E-state index contributed by atoms with van der Waals surface area (Å²) in [5, 5.41) is 9.81. The molecule has 7 nitrogen and oxygen atoms in total. The number of carboxylic acid groups (broad SMARTS) is 1. The van der Waals surface area contributed by atoms with Crippen LogP contribution in [0.2, 0.25) is 5.02 Å². The van der Waals surface area contributed by atoms with Crippen LogP contribution >= 0.6 is 11.6 Å². The van der Waals surface area contributed by atoms with E-state index in [9.17, 15) is 23.1 Å². The van der Waals surface area contributed by atoms with Crippen molar-refractivity contribution in [2.75, 3.05) is 0 Å². The zero-order chi connectivity index (χ0) is 28.3. The van der Waals surface area contributed by atoms with Gasteiger partial charge in [-0.1, -0.05) is 74.0 Å². The Morgan fingerprint density at radius 2 is 1.37 bits per heavy atom. The van der Waals surface area contributed by atoms with Crippen LogP contribution in [-0.4, -0.2) is 23.5 Å². The third kappa shape index (κ3) is 9.53. The molecule has 0 heterocycles. The summed E-state index contributed by atoms with van der Waals surface area (Å²) >= 11 is 5.96. The van der Waals surface area contributed by atoms with Crippen molar-refractivity contribution in [3.8, 4) is 16.9 Å². The van der Waals surface area contributed by atoms with E-state index in [4.69, 9.17) is 27.9 Å². The van der Waals surface area contributed by atoms with E-state index in [1.165, 1.54) is 24.3 Å². The predicted octanol–water partition coefficient (Wildman–Crippen LogP) is 5.78. The number of halogens is 4. The van der Waals surface area contributed by atoms with Gasteiger partial charge in [0.2, 0.25) is 5.88 Å². The number of rotatable bonds is 10. The summed E-state index contributed by atoms with van der Waals surface area (Å²) < 4.78 is 46.8. The van der Waals surface area contributed by atoms with Crippen LogP contribution in [0.3, 0.4) is 0 Å². The molecule has 0 radical (unpaired) electrons. The number of hydrogen-bond donors (Lipinski definition) is 4. The molecule has 0 amide bonds. The molecule has 0 aliphatic heterocycles. The largest absolute Gasteiger partial charge is 0.573 e. The molecule has 204 valence electrons. The molecule has 0 aliphatic rings. The lowest BCUT2D eigenvalue weighted by atomic mass is 9.98. The quantitative estimate of drug-likeness (QED) is 0.109. The standard InChI is InChI=1S/C25H23ClF3N3O4.C2H6/c26-19-9-3-16(4-10-19)14-21(35-23(30)22(32-31)24(33)34)13-15-1-5-17(6-2-15)18-7-11-20(12-8-18)36-25(27,28)29;1-2/h1-12,21,32H,13-14,30-31H2,(H,33,34);1-2H3/b23-22+;. The van der Waals surface area contributed by atoms with Gasteiger partial charge in [0.05, 0.1) is 0 Å². The minimum absolute atomic E-state index is 0.302. The highest BCUT2D eigenvalue weighted by Crippen LogP contribution is 2.27. The summed E-state index contributed by atoms with van der Waals surface area (Å²) in [5.41, 5.74) is 10.6. The van der Waals surface area contributed by atoms with Gasteiger partial charge in [-0.05, 0) is 46.5 Å². The summed E-state index contributed by atoms with van der Waals surface area (Å²) in [6, 6.07) is 20.0. The lowest BCUT2D eigenvalue weighted by Crippen LogP contribution is -2.33. The molecule has 0 saturated heterocycles. The molecule has 0 aliphatic carbocycles. The Kier molecular flexibility index (Phi) is 11.3. The molecule has 0 bridgehead atoms. The minimum atomic E-state index is -4.75. The number of benzene rings is 3. The van der Waals surface area contributed by atoms with Crippen LogP contribution in [0.15, 0.2) is 84.4 Å². The molecule has 11 heteroatoms. The Balaban J connectivity index is 0.00000247. The number of hydrogen-bond acceptors (Lipinski definition) is 6. The lowest BCUT2D eigenvalue weighted by molar-refractivity contribution is -0.274. The third-order valence-corrected chi connectivity index (χ3v) is 5.37. The van der Waals surface area contributed by atoms with Crippen LogP contribution in [-0.2, 0) is 22.4 Å². The monoisotopic (exact) mass is 551 g/mol. The number of ether oxygens (including phenoxy) is 2. The number of alkyl halides is 3. The highest BCUT2D eigenvalue weighted by molar-refractivity contribution is 6.30. The van der Waals surface area contributed by atoms with E-state index in [0.717, 1.165) is 16.7 Å². The number of nitrogens with one attached hydrogen (secondary N) is 1. The number of nitrogens with two attached hydrogens (primary N) is 2. The van der Waals surface area contributed by atoms with Crippen LogP contribution in [0.25, 0.3) is 11.1 Å². The normalized spacial score (nSPS) is 12.4. The smallest absolute Gasteiger partial charge is 0.476 e. The maximum absolute atomic E-state index is 12.4. The van der Waals surface area contributed by atoms with E-state index >= 15 is 0 Å². The Labute approximate surface area is 223 Å². The second-order valence-electron chi connectivity index (χ2n) is 7.73. The van der Waals surface area contributed by atoms with E-state index in [1.54, 1.807) is 12.1 Å². The zero-order valence-electron chi connectivity index (χ0n) is 20.8. The predicted molar refractivity (Wildman–Crippen MR) is 140 cm³/mol. The van der Waals surface area contributed by atoms with Crippen molar-refractivity contribution >= 4 is 17.6 Å². The molecule has 6 N–H and O–H groups in total. The lowest BCUT2D eigenvalue weighted by Gasteiger charge is -2.21. The number of carbonyl (C=O) groups is 1. The summed E-state index contributed by atoms with van der Waals surface area (Å²) in [5.74, 6) is 3.23. The van der Waals surface area contributed by atoms with Gasteiger partial charge in [-0.15, -0.1) is 13.2 Å². The van der Waals surface area contributed by atoms with Gasteiger partial charge in [-0.2, -0.15) is 0 Å². The van der Waals surface area contributed by atoms with Gasteiger partial charge in [0.25, 0.3) is 0 Å². The van der Waals surface area contributed by atoms with Crippen LogP contribution in [0.5, 0.6) is 5.75 Å². The summed E-state index contributed by atoms with van der Waals surface area (Å²) in [6.07, 6.45) is -4.52. The maximum atomic E-state index is 12.4. The number of aliphatic carboxylic acids is 1. The summed E-state index contributed by atoms with van der Waals surface area (Å²) in [6.45, 7) is 4.00. The van der Waals surface area contributed by atoms with Gasteiger partial charge < -0.3 is 25.7 Å². The van der Waals surface area contributed by atoms with Gasteiger partial charge in [0.15, 0.2) is 5.70 Å². The highest BCUT2D eigenvalue weighted by Gasteiger charge is 2.31. The highest BCUT2D eigenvalue weighted by atomic mass is 35.5. The van der Waals surface area contributed by atoms with Crippen LogP contribution in [0.1, 0.15) is 25.0 Å². The average molecular weight is 552 g/mol. The molecule has 0 saturated carbocycles. The first-order chi connectivity index (χ1) is 18.0. The second-order valence-corrected chi connectivity index (χ2v) is 8.17. The summed E-state index contributed by atoms with van der Waals surface area (Å²) in [7, 11) is 0. The van der Waals surface area contributed by atoms with Crippen LogP contribution in [0, 0.1) is 0 Å². The molecule has 0 spiro atoms. The topological polar surface area (TPSA) is 120 Å². The van der Waals surface area contributed by atoms with Crippen LogP contribution < -0.4 is 21.7 Å². The van der Waals surface area contributed by atoms with Gasteiger partial charge >= 0.3 is 12.3 Å². The zero-order valence-corrected chi connectivity index (χ0v) is 21.5. The molecular weight excluding hydrogens is 523 g/mol. The molecule has 1 unspecified atom stereocenters. The van der Waals surface area contributed by atoms with Crippen molar-refractivity contribution in [1.82, 2.24) is 5.43 Å². The first-order valence-electron chi connectivity index (χ1n) is 11.6. The van der Waals surface area contributed by atoms with E-state index in [1.807, 2.05) is 55.7 Å².